The first kappa shape index (κ1) is 27.6. The van der Waals surface area contributed by atoms with Crippen molar-refractivity contribution in [2.45, 2.75) is 19.4 Å². The molecule has 0 aliphatic carbocycles. The van der Waals surface area contributed by atoms with Crippen molar-refractivity contribution in [3.8, 4) is 22.4 Å². The average Bonchev–Trinajstić information content (AvgIpc) is 3.42. The summed E-state index contributed by atoms with van der Waals surface area (Å²) >= 11 is 13.6. The maximum Gasteiger partial charge on any atom is 0.356 e. The number of nitrogens with one attached hydrogen (secondary N) is 1. The fourth-order valence-electron chi connectivity index (χ4n) is 4.43. The van der Waals surface area contributed by atoms with Crippen LogP contribution in [0.1, 0.15) is 23.8 Å². The quantitative estimate of drug-likeness (QED) is 0.202. The third-order valence-electron chi connectivity index (χ3n) is 6.43. The molecule has 202 valence electrons. The first-order valence-corrected chi connectivity index (χ1v) is 14.0. The largest absolute Gasteiger partial charge is 0.448 e. The van der Waals surface area contributed by atoms with Crippen LogP contribution in [0.25, 0.3) is 33.2 Å². The summed E-state index contributed by atoms with van der Waals surface area (Å²) in [4.78, 5) is 44.5. The minimum atomic E-state index is -1.13. The lowest BCUT2D eigenvalue weighted by atomic mass is 9.96. The Hall–Kier alpha value is -3.98. The summed E-state index contributed by atoms with van der Waals surface area (Å²) in [7, 11) is 1.51. The number of rotatable bonds is 7. The minimum absolute atomic E-state index is 0.0347. The number of fused-ring (bicyclic) bond motifs is 1. The lowest BCUT2D eigenvalue weighted by Crippen LogP contribution is -2.34. The van der Waals surface area contributed by atoms with E-state index in [4.69, 9.17) is 27.9 Å². The van der Waals surface area contributed by atoms with E-state index in [0.717, 1.165) is 5.56 Å². The van der Waals surface area contributed by atoms with Gasteiger partial charge in [-0.15, -0.1) is 11.3 Å². The van der Waals surface area contributed by atoms with Crippen LogP contribution in [0, 0.1) is 0 Å². The van der Waals surface area contributed by atoms with Gasteiger partial charge in [0.2, 0.25) is 0 Å². The van der Waals surface area contributed by atoms with Gasteiger partial charge < -0.3 is 9.30 Å². The number of anilines is 1. The molecule has 1 N–H and O–H groups in total. The zero-order chi connectivity index (χ0) is 28.4. The van der Waals surface area contributed by atoms with Gasteiger partial charge in [-0.1, -0.05) is 78.7 Å². The topological polar surface area (TPSA) is 90.3 Å². The number of benzene rings is 3. The van der Waals surface area contributed by atoms with Crippen molar-refractivity contribution in [2.75, 3.05) is 5.32 Å². The van der Waals surface area contributed by atoms with Crippen LogP contribution in [0.3, 0.4) is 0 Å². The van der Waals surface area contributed by atoms with E-state index in [2.05, 4.69) is 10.3 Å². The number of thiazole rings is 1. The van der Waals surface area contributed by atoms with Crippen LogP contribution in [0.4, 0.5) is 5.13 Å². The Bertz CT molecular complexity index is 1800. The van der Waals surface area contributed by atoms with Crippen molar-refractivity contribution < 1.29 is 14.3 Å². The van der Waals surface area contributed by atoms with E-state index in [1.165, 1.54) is 23.0 Å². The molecule has 0 fully saturated rings. The van der Waals surface area contributed by atoms with Crippen molar-refractivity contribution in [3.05, 3.63) is 104 Å². The van der Waals surface area contributed by atoms with Gasteiger partial charge in [0.15, 0.2) is 11.2 Å². The number of ether oxygens (including phenoxy) is 1. The maximum absolute atomic E-state index is 13.7. The molecule has 5 rings (SSSR count). The Morgan fingerprint density at radius 1 is 1.00 bits per heavy atom. The number of esters is 1. The Labute approximate surface area is 244 Å². The monoisotopic (exact) mass is 591 g/mol. The van der Waals surface area contributed by atoms with Crippen LogP contribution in [-0.2, 0) is 16.6 Å². The van der Waals surface area contributed by atoms with Crippen molar-refractivity contribution in [1.82, 2.24) is 9.55 Å². The Morgan fingerprint density at radius 2 is 1.68 bits per heavy atom. The summed E-state index contributed by atoms with van der Waals surface area (Å²) in [5.41, 5.74) is 2.23. The average molecular weight is 593 g/mol. The number of carbonyl (C=O) groups is 2. The summed E-state index contributed by atoms with van der Waals surface area (Å²) in [5.74, 6) is -1.33. The summed E-state index contributed by atoms with van der Waals surface area (Å²) in [6.07, 6.45) is -0.919. The van der Waals surface area contributed by atoms with Gasteiger partial charge in [-0.05, 0) is 41.6 Å². The molecular formula is C30H23Cl2N3O4S. The number of aromatic nitrogens is 2. The molecule has 0 bridgehead atoms. The number of hydrogen-bond donors (Lipinski definition) is 1. The fourth-order valence-corrected chi connectivity index (χ4v) is 5.50. The van der Waals surface area contributed by atoms with Gasteiger partial charge in [-0.2, -0.15) is 0 Å². The minimum Gasteiger partial charge on any atom is -0.448 e. The molecule has 0 aliphatic heterocycles. The molecule has 0 spiro atoms. The van der Waals surface area contributed by atoms with Gasteiger partial charge >= 0.3 is 5.97 Å². The molecule has 0 radical (unpaired) electrons. The van der Waals surface area contributed by atoms with Crippen LogP contribution in [0.5, 0.6) is 0 Å². The van der Waals surface area contributed by atoms with Crippen molar-refractivity contribution >= 4 is 62.3 Å². The van der Waals surface area contributed by atoms with Crippen molar-refractivity contribution in [1.29, 1.82) is 0 Å². The molecule has 2 aromatic heterocycles. The lowest BCUT2D eigenvalue weighted by Gasteiger charge is -2.20. The molecule has 40 heavy (non-hydrogen) atoms. The second kappa shape index (κ2) is 11.6. The van der Waals surface area contributed by atoms with Gasteiger partial charge in [0, 0.05) is 39.0 Å². The molecule has 0 saturated heterocycles. The number of pyridine rings is 1. The molecular weight excluding hydrogens is 569 g/mol. The van der Waals surface area contributed by atoms with E-state index in [1.54, 1.807) is 66.9 Å². The molecule has 1 atom stereocenters. The summed E-state index contributed by atoms with van der Waals surface area (Å²) in [5, 5.41) is 6.98. The third kappa shape index (κ3) is 5.38. The molecule has 2 heterocycles. The van der Waals surface area contributed by atoms with Crippen LogP contribution >= 0.6 is 34.5 Å². The van der Waals surface area contributed by atoms with Gasteiger partial charge in [0.1, 0.15) is 5.69 Å². The van der Waals surface area contributed by atoms with Gasteiger partial charge in [0.25, 0.3) is 11.5 Å². The number of amides is 1. The fraction of sp³-hybridized carbons (Fsp3) is 0.133. The molecule has 0 saturated carbocycles. The highest BCUT2D eigenvalue weighted by molar-refractivity contribution is 7.14. The van der Waals surface area contributed by atoms with Crippen molar-refractivity contribution in [3.63, 3.8) is 0 Å². The van der Waals surface area contributed by atoms with Crippen molar-refractivity contribution in [2.24, 2.45) is 7.05 Å². The highest BCUT2D eigenvalue weighted by atomic mass is 35.5. The molecule has 0 aliphatic rings. The van der Waals surface area contributed by atoms with E-state index in [9.17, 15) is 14.4 Å². The van der Waals surface area contributed by atoms with Crippen LogP contribution in [0.2, 0.25) is 10.0 Å². The lowest BCUT2D eigenvalue weighted by molar-refractivity contribution is -0.124. The maximum atomic E-state index is 13.7. The zero-order valence-electron chi connectivity index (χ0n) is 21.5. The van der Waals surface area contributed by atoms with E-state index in [0.29, 0.717) is 42.8 Å². The molecule has 3 aromatic carbocycles. The van der Waals surface area contributed by atoms with Gasteiger partial charge in [0.05, 0.1) is 5.69 Å². The second-order valence-electron chi connectivity index (χ2n) is 8.95. The number of nitrogens with zero attached hydrogens (tertiary/aromatic N) is 2. The predicted molar refractivity (Wildman–Crippen MR) is 160 cm³/mol. The van der Waals surface area contributed by atoms with Crippen LogP contribution in [0.15, 0.2) is 83.0 Å². The number of halogens is 2. The van der Waals surface area contributed by atoms with E-state index in [1.807, 2.05) is 18.2 Å². The molecule has 10 heteroatoms. The van der Waals surface area contributed by atoms with E-state index < -0.39 is 18.0 Å². The number of hydrogen-bond acceptors (Lipinski definition) is 6. The number of carbonyl (C=O) groups excluding carboxylic acids is 2. The summed E-state index contributed by atoms with van der Waals surface area (Å²) in [6.45, 7) is 1.73. The summed E-state index contributed by atoms with van der Waals surface area (Å²) < 4.78 is 6.98. The Balaban J connectivity index is 1.46. The van der Waals surface area contributed by atoms with Crippen LogP contribution < -0.4 is 10.9 Å². The molecule has 5 aromatic rings. The molecule has 7 nitrogen and oxygen atoms in total. The van der Waals surface area contributed by atoms with Crippen LogP contribution in [-0.4, -0.2) is 27.5 Å². The standard InChI is InChI=1S/C30H23Cl2N3O4S/c1-3-24(27(36)34-30-33-23(16-40-30)21-10-6-7-11-22(21)32)39-29(38)26-25(17-12-14-18(31)15-13-17)19-8-4-5-9-20(19)28(37)35(26)2/h4-16,24H,3H2,1-2H3,(H,33,34,36). The van der Waals surface area contributed by atoms with Gasteiger partial charge in [-0.25, -0.2) is 9.78 Å². The Kier molecular flexibility index (Phi) is 8.02. The first-order chi connectivity index (χ1) is 19.3. The third-order valence-corrected chi connectivity index (χ3v) is 7.77. The zero-order valence-corrected chi connectivity index (χ0v) is 23.8. The first-order valence-electron chi connectivity index (χ1n) is 12.4. The second-order valence-corrected chi connectivity index (χ2v) is 10.7. The normalized spacial score (nSPS) is 11.8. The van der Waals surface area contributed by atoms with E-state index in [-0.39, 0.29) is 17.7 Å². The highest BCUT2D eigenvalue weighted by Gasteiger charge is 2.28. The SMILES string of the molecule is CCC(OC(=O)c1c(-c2ccc(Cl)cc2)c2ccccc2c(=O)n1C)C(=O)Nc1nc(-c2ccccc2Cl)cs1. The highest BCUT2D eigenvalue weighted by Crippen LogP contribution is 2.33. The summed E-state index contributed by atoms with van der Waals surface area (Å²) in [6, 6.07) is 21.3. The van der Waals surface area contributed by atoms with Gasteiger partial charge in [-0.3, -0.25) is 14.9 Å². The smallest absolute Gasteiger partial charge is 0.356 e. The molecule has 1 unspecified atom stereocenters. The Morgan fingerprint density at radius 3 is 2.38 bits per heavy atom. The van der Waals surface area contributed by atoms with E-state index >= 15 is 0 Å². The molecule has 1 amide bonds. The predicted octanol–water partition coefficient (Wildman–Crippen LogP) is 7.21.